The molecule has 0 spiro atoms. The number of nitrogens with one attached hydrogen (secondary N) is 1. The number of rotatable bonds is 2. The summed E-state index contributed by atoms with van der Waals surface area (Å²) >= 11 is 6.08. The van der Waals surface area contributed by atoms with Crippen LogP contribution in [-0.4, -0.2) is 5.54 Å². The third-order valence-electron chi connectivity index (χ3n) is 5.79. The van der Waals surface area contributed by atoms with Gasteiger partial charge in [0.05, 0.1) is 6.07 Å². The molecule has 4 aliphatic carbocycles. The Balaban J connectivity index is 1.68. The van der Waals surface area contributed by atoms with Crippen molar-refractivity contribution >= 4 is 17.3 Å². The van der Waals surface area contributed by atoms with Crippen LogP contribution in [0.1, 0.15) is 32.1 Å². The van der Waals surface area contributed by atoms with E-state index in [2.05, 4.69) is 11.4 Å². The van der Waals surface area contributed by atoms with E-state index in [-0.39, 0.29) is 5.54 Å². The van der Waals surface area contributed by atoms with Crippen molar-refractivity contribution < 1.29 is 0 Å². The van der Waals surface area contributed by atoms with E-state index in [9.17, 15) is 5.26 Å². The summed E-state index contributed by atoms with van der Waals surface area (Å²) in [5.74, 6) is 2.78. The highest BCUT2D eigenvalue weighted by atomic mass is 35.5. The molecule has 1 aromatic carbocycles. The lowest BCUT2D eigenvalue weighted by Crippen LogP contribution is -2.61. The molecule has 4 saturated carbocycles. The topological polar surface area (TPSA) is 35.8 Å². The molecule has 0 heterocycles. The van der Waals surface area contributed by atoms with Gasteiger partial charge in [0, 0.05) is 10.7 Å². The normalized spacial score (nSPS) is 41.4. The molecule has 0 atom stereocenters. The van der Waals surface area contributed by atoms with Crippen LogP contribution in [0, 0.1) is 35.0 Å². The van der Waals surface area contributed by atoms with E-state index in [1.807, 2.05) is 24.3 Å². The minimum atomic E-state index is -0.363. The first-order valence-electron chi connectivity index (χ1n) is 7.64. The zero-order valence-corrected chi connectivity index (χ0v) is 12.2. The molecule has 0 saturated heterocycles. The molecule has 4 bridgehead atoms. The summed E-state index contributed by atoms with van der Waals surface area (Å²) in [7, 11) is 0. The van der Waals surface area contributed by atoms with Gasteiger partial charge in [-0.1, -0.05) is 17.7 Å². The molecule has 0 aromatic heterocycles. The van der Waals surface area contributed by atoms with Gasteiger partial charge < -0.3 is 5.32 Å². The fraction of sp³-hybridized carbons (Fsp3) is 0.588. The first kappa shape index (κ1) is 12.5. The van der Waals surface area contributed by atoms with Gasteiger partial charge in [-0.3, -0.25) is 0 Å². The zero-order valence-electron chi connectivity index (χ0n) is 11.5. The number of benzene rings is 1. The molecule has 4 aliphatic rings. The Morgan fingerprint density at radius 1 is 1.10 bits per heavy atom. The van der Waals surface area contributed by atoms with Crippen molar-refractivity contribution in [2.24, 2.45) is 23.7 Å². The monoisotopic (exact) mass is 286 g/mol. The molecular formula is C17H19ClN2. The largest absolute Gasteiger partial charge is 0.367 e. The number of anilines is 1. The minimum absolute atomic E-state index is 0.363. The van der Waals surface area contributed by atoms with Gasteiger partial charge in [-0.05, 0) is 74.0 Å². The van der Waals surface area contributed by atoms with Gasteiger partial charge in [0.1, 0.15) is 5.54 Å². The van der Waals surface area contributed by atoms with Crippen molar-refractivity contribution in [3.8, 4) is 6.07 Å². The van der Waals surface area contributed by atoms with Crippen LogP contribution in [0.4, 0.5) is 5.69 Å². The van der Waals surface area contributed by atoms with E-state index in [0.29, 0.717) is 11.8 Å². The lowest BCUT2D eigenvalue weighted by Gasteiger charge is -2.58. The second-order valence-electron chi connectivity index (χ2n) is 6.92. The standard InChI is InChI=1S/C17H19ClN2/c18-15-2-1-3-16(9-15)20-17(10-19)13-5-11-4-12(7-13)8-14(17)6-11/h1-3,9,11-14,20H,4-8H2. The second kappa shape index (κ2) is 4.40. The van der Waals surface area contributed by atoms with Gasteiger partial charge in [0.15, 0.2) is 0 Å². The molecule has 3 heteroatoms. The fourth-order valence-electron chi connectivity index (χ4n) is 5.15. The van der Waals surface area contributed by atoms with Gasteiger partial charge in [-0.2, -0.15) is 5.26 Å². The van der Waals surface area contributed by atoms with Crippen molar-refractivity contribution in [1.29, 1.82) is 5.26 Å². The minimum Gasteiger partial charge on any atom is -0.367 e. The number of nitrogens with zero attached hydrogens (tertiary/aromatic N) is 1. The van der Waals surface area contributed by atoms with Crippen molar-refractivity contribution in [2.75, 3.05) is 5.32 Å². The molecule has 4 fully saturated rings. The molecular weight excluding hydrogens is 268 g/mol. The molecule has 0 unspecified atom stereocenters. The highest BCUT2D eigenvalue weighted by Crippen LogP contribution is 2.58. The average molecular weight is 287 g/mol. The number of halogens is 1. The van der Waals surface area contributed by atoms with Gasteiger partial charge in [-0.25, -0.2) is 0 Å². The average Bonchev–Trinajstić information content (AvgIpc) is 2.42. The molecule has 104 valence electrons. The van der Waals surface area contributed by atoms with E-state index in [1.165, 1.54) is 32.1 Å². The van der Waals surface area contributed by atoms with E-state index in [1.54, 1.807) is 0 Å². The Labute approximate surface area is 125 Å². The van der Waals surface area contributed by atoms with Crippen LogP contribution in [0.2, 0.25) is 5.02 Å². The van der Waals surface area contributed by atoms with Gasteiger partial charge in [-0.15, -0.1) is 0 Å². The Morgan fingerprint density at radius 2 is 1.75 bits per heavy atom. The van der Waals surface area contributed by atoms with E-state index in [4.69, 9.17) is 11.6 Å². The highest BCUT2D eigenvalue weighted by Gasteiger charge is 2.57. The Kier molecular flexibility index (Phi) is 2.76. The lowest BCUT2D eigenvalue weighted by molar-refractivity contribution is -0.0206. The molecule has 2 nitrogen and oxygen atoms in total. The third kappa shape index (κ3) is 1.76. The maximum absolute atomic E-state index is 9.93. The fourth-order valence-corrected chi connectivity index (χ4v) is 5.34. The van der Waals surface area contributed by atoms with Crippen molar-refractivity contribution in [2.45, 2.75) is 37.6 Å². The van der Waals surface area contributed by atoms with E-state index < -0.39 is 0 Å². The van der Waals surface area contributed by atoms with Crippen LogP contribution in [0.25, 0.3) is 0 Å². The first-order chi connectivity index (χ1) is 9.69. The van der Waals surface area contributed by atoms with Crippen LogP contribution in [-0.2, 0) is 0 Å². The second-order valence-corrected chi connectivity index (χ2v) is 7.36. The maximum atomic E-state index is 9.93. The SMILES string of the molecule is N#CC1(Nc2cccc(Cl)c2)C2CC3CC(C2)CC1C3. The predicted molar refractivity (Wildman–Crippen MR) is 80.5 cm³/mol. The maximum Gasteiger partial charge on any atom is 0.131 e. The summed E-state index contributed by atoms with van der Waals surface area (Å²) < 4.78 is 0. The van der Waals surface area contributed by atoms with Crippen LogP contribution in [0.3, 0.4) is 0 Å². The molecule has 0 aliphatic heterocycles. The van der Waals surface area contributed by atoms with Crippen LogP contribution >= 0.6 is 11.6 Å². The van der Waals surface area contributed by atoms with E-state index in [0.717, 1.165) is 22.5 Å². The van der Waals surface area contributed by atoms with Crippen LogP contribution in [0.5, 0.6) is 0 Å². The number of hydrogen-bond acceptors (Lipinski definition) is 2. The molecule has 0 radical (unpaired) electrons. The molecule has 1 N–H and O–H groups in total. The highest BCUT2D eigenvalue weighted by molar-refractivity contribution is 6.30. The molecule has 20 heavy (non-hydrogen) atoms. The smallest absolute Gasteiger partial charge is 0.131 e. The lowest BCUT2D eigenvalue weighted by atomic mass is 9.49. The zero-order chi connectivity index (χ0) is 13.7. The number of hydrogen-bond donors (Lipinski definition) is 1. The predicted octanol–water partition coefficient (Wildman–Crippen LogP) is 4.47. The van der Waals surface area contributed by atoms with Gasteiger partial charge >= 0.3 is 0 Å². The van der Waals surface area contributed by atoms with Crippen LogP contribution in [0.15, 0.2) is 24.3 Å². The third-order valence-corrected chi connectivity index (χ3v) is 6.02. The summed E-state index contributed by atoms with van der Waals surface area (Å²) in [5, 5.41) is 14.2. The van der Waals surface area contributed by atoms with Crippen LogP contribution < -0.4 is 5.32 Å². The molecule has 5 rings (SSSR count). The van der Waals surface area contributed by atoms with Gasteiger partial charge in [0.25, 0.3) is 0 Å². The van der Waals surface area contributed by atoms with Gasteiger partial charge in [0.2, 0.25) is 0 Å². The Hall–Kier alpha value is -1.20. The van der Waals surface area contributed by atoms with Crippen molar-refractivity contribution in [1.82, 2.24) is 0 Å². The quantitative estimate of drug-likeness (QED) is 0.870. The number of nitriles is 1. The molecule has 0 amide bonds. The Morgan fingerprint density at radius 3 is 2.30 bits per heavy atom. The van der Waals surface area contributed by atoms with E-state index >= 15 is 0 Å². The summed E-state index contributed by atoms with van der Waals surface area (Å²) in [6.45, 7) is 0. The Bertz CT molecular complexity index is 547. The van der Waals surface area contributed by atoms with Crippen molar-refractivity contribution in [3.63, 3.8) is 0 Å². The summed E-state index contributed by atoms with van der Waals surface area (Å²) in [5.41, 5.74) is 0.629. The first-order valence-corrected chi connectivity index (χ1v) is 8.02. The van der Waals surface area contributed by atoms with Crippen molar-refractivity contribution in [3.05, 3.63) is 29.3 Å². The summed E-state index contributed by atoms with van der Waals surface area (Å²) in [4.78, 5) is 0. The summed E-state index contributed by atoms with van der Waals surface area (Å²) in [6, 6.07) is 10.5. The molecule has 1 aromatic rings. The summed E-state index contributed by atoms with van der Waals surface area (Å²) in [6.07, 6.45) is 6.33.